The molecule has 86 valence electrons. The van der Waals surface area contributed by atoms with E-state index in [9.17, 15) is 9.59 Å². The highest BCUT2D eigenvalue weighted by molar-refractivity contribution is 5.79. The molecule has 1 fully saturated rings. The lowest BCUT2D eigenvalue weighted by atomic mass is 10.2. The second-order valence-electron chi connectivity index (χ2n) is 3.97. The SMILES string of the molecule is CC(C)OCC(=O)NCC1CCC(=O)N1. The zero-order valence-corrected chi connectivity index (χ0v) is 9.21. The average molecular weight is 214 g/mol. The maximum Gasteiger partial charge on any atom is 0.246 e. The van der Waals surface area contributed by atoms with Crippen molar-refractivity contribution in [3.05, 3.63) is 0 Å². The van der Waals surface area contributed by atoms with E-state index < -0.39 is 0 Å². The lowest BCUT2D eigenvalue weighted by molar-refractivity contribution is -0.127. The molecule has 1 rings (SSSR count). The smallest absolute Gasteiger partial charge is 0.246 e. The summed E-state index contributed by atoms with van der Waals surface area (Å²) in [6.07, 6.45) is 1.41. The van der Waals surface area contributed by atoms with Crippen LogP contribution in [0.3, 0.4) is 0 Å². The second-order valence-corrected chi connectivity index (χ2v) is 3.97. The topological polar surface area (TPSA) is 67.4 Å². The van der Waals surface area contributed by atoms with Gasteiger partial charge in [0.05, 0.1) is 6.10 Å². The monoisotopic (exact) mass is 214 g/mol. The minimum Gasteiger partial charge on any atom is -0.369 e. The molecule has 2 N–H and O–H groups in total. The highest BCUT2D eigenvalue weighted by atomic mass is 16.5. The van der Waals surface area contributed by atoms with Crippen LogP contribution in [0.15, 0.2) is 0 Å². The molecule has 1 atom stereocenters. The first-order chi connectivity index (χ1) is 7.08. The summed E-state index contributed by atoms with van der Waals surface area (Å²) in [7, 11) is 0. The van der Waals surface area contributed by atoms with Crippen molar-refractivity contribution >= 4 is 11.8 Å². The lowest BCUT2D eigenvalue weighted by Gasteiger charge is -2.12. The Bertz CT molecular complexity index is 241. The minimum absolute atomic E-state index is 0.0573. The number of amides is 2. The van der Waals surface area contributed by atoms with Crippen molar-refractivity contribution in [1.29, 1.82) is 0 Å². The van der Waals surface area contributed by atoms with E-state index in [1.54, 1.807) is 0 Å². The van der Waals surface area contributed by atoms with Crippen LogP contribution in [-0.2, 0) is 14.3 Å². The minimum atomic E-state index is -0.134. The Kier molecular flexibility index (Phi) is 4.55. The van der Waals surface area contributed by atoms with Gasteiger partial charge in [0.25, 0.3) is 0 Å². The first kappa shape index (κ1) is 12.0. The third-order valence-electron chi connectivity index (χ3n) is 2.18. The van der Waals surface area contributed by atoms with E-state index in [0.29, 0.717) is 13.0 Å². The van der Waals surface area contributed by atoms with Gasteiger partial charge in [-0.2, -0.15) is 0 Å². The summed E-state index contributed by atoms with van der Waals surface area (Å²) in [6.45, 7) is 4.33. The Labute approximate surface area is 89.6 Å². The largest absolute Gasteiger partial charge is 0.369 e. The first-order valence-electron chi connectivity index (χ1n) is 5.25. The zero-order valence-electron chi connectivity index (χ0n) is 9.21. The molecule has 1 unspecified atom stereocenters. The van der Waals surface area contributed by atoms with Gasteiger partial charge in [0.2, 0.25) is 11.8 Å². The molecule has 15 heavy (non-hydrogen) atoms. The number of carbonyl (C=O) groups excluding carboxylic acids is 2. The molecular formula is C10H18N2O3. The molecule has 2 amide bonds. The van der Waals surface area contributed by atoms with Crippen LogP contribution < -0.4 is 10.6 Å². The summed E-state index contributed by atoms with van der Waals surface area (Å²) >= 11 is 0. The van der Waals surface area contributed by atoms with E-state index in [1.807, 2.05) is 13.8 Å². The number of carbonyl (C=O) groups is 2. The van der Waals surface area contributed by atoms with Gasteiger partial charge in [0.1, 0.15) is 6.61 Å². The number of rotatable bonds is 5. The van der Waals surface area contributed by atoms with Crippen LogP contribution in [0.1, 0.15) is 26.7 Å². The molecule has 0 aromatic heterocycles. The van der Waals surface area contributed by atoms with E-state index in [-0.39, 0.29) is 30.6 Å². The number of nitrogens with one attached hydrogen (secondary N) is 2. The van der Waals surface area contributed by atoms with E-state index in [2.05, 4.69) is 10.6 Å². The van der Waals surface area contributed by atoms with E-state index in [1.165, 1.54) is 0 Å². The van der Waals surface area contributed by atoms with Crippen LogP contribution in [0.5, 0.6) is 0 Å². The van der Waals surface area contributed by atoms with Crippen LogP contribution in [0, 0.1) is 0 Å². The standard InChI is InChI=1S/C10H18N2O3/c1-7(2)15-6-10(14)11-5-8-3-4-9(13)12-8/h7-8H,3-6H2,1-2H3,(H,11,14)(H,12,13). The Morgan fingerprint density at radius 2 is 2.40 bits per heavy atom. The van der Waals surface area contributed by atoms with Gasteiger partial charge in [-0.25, -0.2) is 0 Å². The van der Waals surface area contributed by atoms with Gasteiger partial charge < -0.3 is 15.4 Å². The molecule has 0 aromatic carbocycles. The Hall–Kier alpha value is -1.10. The number of hydrogen-bond donors (Lipinski definition) is 2. The van der Waals surface area contributed by atoms with Crippen molar-refractivity contribution in [2.24, 2.45) is 0 Å². The van der Waals surface area contributed by atoms with E-state index in [0.717, 1.165) is 6.42 Å². The second kappa shape index (κ2) is 5.70. The van der Waals surface area contributed by atoms with Crippen molar-refractivity contribution < 1.29 is 14.3 Å². The molecule has 1 aliphatic heterocycles. The average Bonchev–Trinajstić information content (AvgIpc) is 2.58. The first-order valence-corrected chi connectivity index (χ1v) is 5.25. The third-order valence-corrected chi connectivity index (χ3v) is 2.18. The lowest BCUT2D eigenvalue weighted by Crippen LogP contribution is -2.40. The predicted octanol–water partition coefficient (Wildman–Crippen LogP) is -0.194. The van der Waals surface area contributed by atoms with Gasteiger partial charge in [0, 0.05) is 19.0 Å². The van der Waals surface area contributed by atoms with Crippen molar-refractivity contribution in [2.45, 2.75) is 38.8 Å². The highest BCUT2D eigenvalue weighted by Crippen LogP contribution is 2.04. The maximum absolute atomic E-state index is 11.2. The molecule has 0 saturated carbocycles. The third kappa shape index (κ3) is 4.78. The summed E-state index contributed by atoms with van der Waals surface area (Å²) < 4.78 is 5.14. The molecule has 1 aliphatic rings. The van der Waals surface area contributed by atoms with Gasteiger partial charge in [-0.15, -0.1) is 0 Å². The Balaban J connectivity index is 2.09. The summed E-state index contributed by atoms with van der Waals surface area (Å²) in [5.74, 6) is -0.0717. The Morgan fingerprint density at radius 1 is 1.67 bits per heavy atom. The summed E-state index contributed by atoms with van der Waals surface area (Å²) in [6, 6.07) is 0.0838. The van der Waals surface area contributed by atoms with Gasteiger partial charge >= 0.3 is 0 Å². The fourth-order valence-electron chi connectivity index (χ4n) is 1.36. The van der Waals surface area contributed by atoms with Gasteiger partial charge in [-0.3, -0.25) is 9.59 Å². The molecule has 1 saturated heterocycles. The van der Waals surface area contributed by atoms with Gasteiger partial charge in [0.15, 0.2) is 0 Å². The fourth-order valence-corrected chi connectivity index (χ4v) is 1.36. The number of hydrogen-bond acceptors (Lipinski definition) is 3. The summed E-state index contributed by atoms with van der Waals surface area (Å²) in [5, 5.41) is 5.50. The summed E-state index contributed by atoms with van der Waals surface area (Å²) in [4.78, 5) is 22.1. The predicted molar refractivity (Wildman–Crippen MR) is 55.3 cm³/mol. The van der Waals surface area contributed by atoms with E-state index >= 15 is 0 Å². The maximum atomic E-state index is 11.2. The molecule has 1 heterocycles. The van der Waals surface area contributed by atoms with Crippen molar-refractivity contribution in [2.75, 3.05) is 13.2 Å². The Morgan fingerprint density at radius 3 is 2.93 bits per heavy atom. The van der Waals surface area contributed by atoms with Crippen molar-refractivity contribution in [1.82, 2.24) is 10.6 Å². The van der Waals surface area contributed by atoms with Crippen LogP contribution in [0.4, 0.5) is 0 Å². The molecule has 0 radical (unpaired) electrons. The van der Waals surface area contributed by atoms with Crippen molar-refractivity contribution in [3.63, 3.8) is 0 Å². The molecule has 0 bridgehead atoms. The van der Waals surface area contributed by atoms with Crippen molar-refractivity contribution in [3.8, 4) is 0 Å². The molecule has 0 aromatic rings. The van der Waals surface area contributed by atoms with Crippen LogP contribution in [0.2, 0.25) is 0 Å². The quantitative estimate of drug-likeness (QED) is 0.666. The molecular weight excluding hydrogens is 196 g/mol. The molecule has 5 nitrogen and oxygen atoms in total. The molecule has 5 heteroatoms. The molecule has 0 aliphatic carbocycles. The zero-order chi connectivity index (χ0) is 11.3. The van der Waals surface area contributed by atoms with Crippen LogP contribution in [0.25, 0.3) is 0 Å². The fraction of sp³-hybridized carbons (Fsp3) is 0.800. The highest BCUT2D eigenvalue weighted by Gasteiger charge is 2.20. The van der Waals surface area contributed by atoms with Gasteiger partial charge in [-0.1, -0.05) is 0 Å². The normalized spacial score (nSPS) is 20.5. The summed E-state index contributed by atoms with van der Waals surface area (Å²) in [5.41, 5.74) is 0. The number of ether oxygens (including phenoxy) is 1. The van der Waals surface area contributed by atoms with E-state index in [4.69, 9.17) is 4.74 Å². The van der Waals surface area contributed by atoms with Crippen LogP contribution in [-0.4, -0.2) is 37.1 Å². The molecule has 0 spiro atoms. The van der Waals surface area contributed by atoms with Crippen LogP contribution >= 0.6 is 0 Å². The van der Waals surface area contributed by atoms with Gasteiger partial charge in [-0.05, 0) is 20.3 Å².